The van der Waals surface area contributed by atoms with Gasteiger partial charge in [-0.25, -0.2) is 0 Å². The first kappa shape index (κ1) is 14.8. The lowest BCUT2D eigenvalue weighted by atomic mass is 9.79. The summed E-state index contributed by atoms with van der Waals surface area (Å²) in [5.74, 6) is 0.122. The molecule has 0 aromatic carbocycles. The summed E-state index contributed by atoms with van der Waals surface area (Å²) in [6, 6.07) is 0. The third kappa shape index (κ3) is 4.46. The molecule has 0 aromatic heterocycles. The van der Waals surface area contributed by atoms with Crippen molar-refractivity contribution in [2.75, 3.05) is 19.8 Å². The molecular formula is C15H28N2O2. The van der Waals surface area contributed by atoms with Gasteiger partial charge in [-0.3, -0.25) is 4.79 Å². The smallest absolute Gasteiger partial charge is 0.221 e. The van der Waals surface area contributed by atoms with E-state index in [4.69, 9.17) is 10.5 Å². The van der Waals surface area contributed by atoms with Crippen LogP contribution >= 0.6 is 0 Å². The SMILES string of the molecule is CC1(CNC(=O)CC2(N)CCCCC2)CCOCC1. The van der Waals surface area contributed by atoms with Crippen LogP contribution in [0.25, 0.3) is 0 Å². The molecular weight excluding hydrogens is 240 g/mol. The first-order chi connectivity index (χ1) is 9.02. The lowest BCUT2D eigenvalue weighted by Crippen LogP contribution is -2.47. The lowest BCUT2D eigenvalue weighted by molar-refractivity contribution is -0.123. The number of nitrogens with two attached hydrogens (primary N) is 1. The van der Waals surface area contributed by atoms with Gasteiger partial charge in [0.2, 0.25) is 5.91 Å². The average molecular weight is 268 g/mol. The number of ether oxygens (including phenoxy) is 1. The second-order valence-electron chi connectivity index (χ2n) is 6.80. The third-order valence-corrected chi connectivity index (χ3v) is 4.77. The van der Waals surface area contributed by atoms with Crippen LogP contribution in [0, 0.1) is 5.41 Å². The normalized spacial score (nSPS) is 25.8. The van der Waals surface area contributed by atoms with Crippen LogP contribution in [0.3, 0.4) is 0 Å². The molecule has 0 aromatic rings. The number of carbonyl (C=O) groups excluding carboxylic acids is 1. The van der Waals surface area contributed by atoms with Crippen LogP contribution in [0.2, 0.25) is 0 Å². The Morgan fingerprint density at radius 2 is 1.79 bits per heavy atom. The van der Waals surface area contributed by atoms with Gasteiger partial charge in [0.25, 0.3) is 0 Å². The molecule has 0 bridgehead atoms. The van der Waals surface area contributed by atoms with Gasteiger partial charge < -0.3 is 15.8 Å². The van der Waals surface area contributed by atoms with E-state index >= 15 is 0 Å². The van der Waals surface area contributed by atoms with E-state index in [1.165, 1.54) is 19.3 Å². The van der Waals surface area contributed by atoms with Crippen LogP contribution in [-0.2, 0) is 9.53 Å². The largest absolute Gasteiger partial charge is 0.381 e. The molecule has 0 radical (unpaired) electrons. The molecule has 0 unspecified atom stereocenters. The fourth-order valence-electron chi connectivity index (χ4n) is 3.17. The van der Waals surface area contributed by atoms with Gasteiger partial charge in [0.1, 0.15) is 0 Å². The molecule has 2 fully saturated rings. The monoisotopic (exact) mass is 268 g/mol. The molecule has 2 aliphatic rings. The van der Waals surface area contributed by atoms with Gasteiger partial charge in [-0.05, 0) is 31.1 Å². The maximum absolute atomic E-state index is 12.1. The summed E-state index contributed by atoms with van der Waals surface area (Å²) < 4.78 is 5.38. The van der Waals surface area contributed by atoms with E-state index in [1.54, 1.807) is 0 Å². The minimum absolute atomic E-state index is 0.122. The van der Waals surface area contributed by atoms with Gasteiger partial charge in [0.15, 0.2) is 0 Å². The van der Waals surface area contributed by atoms with Crippen molar-refractivity contribution in [1.82, 2.24) is 5.32 Å². The molecule has 1 saturated heterocycles. The first-order valence-electron chi connectivity index (χ1n) is 7.65. The Morgan fingerprint density at radius 3 is 2.42 bits per heavy atom. The lowest BCUT2D eigenvalue weighted by Gasteiger charge is -2.35. The number of rotatable bonds is 4. The molecule has 1 heterocycles. The zero-order valence-electron chi connectivity index (χ0n) is 12.2. The summed E-state index contributed by atoms with van der Waals surface area (Å²) in [5.41, 5.74) is 6.27. The fourth-order valence-corrected chi connectivity index (χ4v) is 3.17. The van der Waals surface area contributed by atoms with Crippen LogP contribution in [-0.4, -0.2) is 31.2 Å². The Hall–Kier alpha value is -0.610. The molecule has 4 heteroatoms. The zero-order chi connectivity index (χ0) is 13.8. The molecule has 1 aliphatic heterocycles. The van der Waals surface area contributed by atoms with Crippen LogP contribution in [0.5, 0.6) is 0 Å². The highest BCUT2D eigenvalue weighted by Gasteiger charge is 2.32. The molecule has 1 amide bonds. The summed E-state index contributed by atoms with van der Waals surface area (Å²) in [6.07, 6.45) is 8.12. The second kappa shape index (κ2) is 6.23. The molecule has 4 nitrogen and oxygen atoms in total. The number of amides is 1. The number of carbonyl (C=O) groups is 1. The Bertz CT molecular complexity index is 305. The second-order valence-corrected chi connectivity index (χ2v) is 6.80. The summed E-state index contributed by atoms with van der Waals surface area (Å²) in [6.45, 7) is 4.61. The van der Waals surface area contributed by atoms with E-state index in [0.717, 1.165) is 45.4 Å². The van der Waals surface area contributed by atoms with E-state index in [0.29, 0.717) is 6.42 Å². The maximum Gasteiger partial charge on any atom is 0.221 e. The van der Waals surface area contributed by atoms with Gasteiger partial charge in [-0.15, -0.1) is 0 Å². The predicted octanol–water partition coefficient (Wildman–Crippen LogP) is 1.97. The van der Waals surface area contributed by atoms with Gasteiger partial charge in [0, 0.05) is 31.7 Å². The molecule has 3 N–H and O–H groups in total. The summed E-state index contributed by atoms with van der Waals surface area (Å²) in [4.78, 5) is 12.1. The van der Waals surface area contributed by atoms with Gasteiger partial charge in [-0.2, -0.15) is 0 Å². The van der Waals surface area contributed by atoms with Gasteiger partial charge in [0.05, 0.1) is 0 Å². The van der Waals surface area contributed by atoms with Crippen molar-refractivity contribution in [3.8, 4) is 0 Å². The van der Waals surface area contributed by atoms with Gasteiger partial charge in [-0.1, -0.05) is 26.2 Å². The Labute approximate surface area is 116 Å². The van der Waals surface area contributed by atoms with E-state index in [2.05, 4.69) is 12.2 Å². The van der Waals surface area contributed by atoms with E-state index in [1.807, 2.05) is 0 Å². The van der Waals surface area contributed by atoms with Crippen molar-refractivity contribution in [1.29, 1.82) is 0 Å². The molecule has 2 rings (SSSR count). The minimum atomic E-state index is -0.251. The van der Waals surface area contributed by atoms with Crippen molar-refractivity contribution in [3.05, 3.63) is 0 Å². The molecule has 1 aliphatic carbocycles. The Balaban J connectivity index is 1.74. The first-order valence-corrected chi connectivity index (χ1v) is 7.65. The van der Waals surface area contributed by atoms with Gasteiger partial charge >= 0.3 is 0 Å². The number of hydrogen-bond donors (Lipinski definition) is 2. The number of nitrogens with one attached hydrogen (secondary N) is 1. The summed E-state index contributed by atoms with van der Waals surface area (Å²) in [5, 5.41) is 3.09. The summed E-state index contributed by atoms with van der Waals surface area (Å²) >= 11 is 0. The highest BCUT2D eigenvalue weighted by atomic mass is 16.5. The van der Waals surface area contributed by atoms with Crippen molar-refractivity contribution >= 4 is 5.91 Å². The summed E-state index contributed by atoms with van der Waals surface area (Å²) in [7, 11) is 0. The fraction of sp³-hybridized carbons (Fsp3) is 0.933. The van der Waals surface area contributed by atoms with Crippen LogP contribution in [0.4, 0.5) is 0 Å². The molecule has 110 valence electrons. The average Bonchev–Trinajstić information content (AvgIpc) is 2.38. The minimum Gasteiger partial charge on any atom is -0.381 e. The van der Waals surface area contributed by atoms with Crippen LogP contribution < -0.4 is 11.1 Å². The van der Waals surface area contributed by atoms with E-state index in [-0.39, 0.29) is 16.9 Å². The molecule has 1 saturated carbocycles. The number of hydrogen-bond acceptors (Lipinski definition) is 3. The third-order valence-electron chi connectivity index (χ3n) is 4.77. The Morgan fingerprint density at radius 1 is 1.16 bits per heavy atom. The molecule has 19 heavy (non-hydrogen) atoms. The highest BCUT2D eigenvalue weighted by molar-refractivity contribution is 5.77. The highest BCUT2D eigenvalue weighted by Crippen LogP contribution is 2.30. The van der Waals surface area contributed by atoms with Crippen molar-refractivity contribution in [2.24, 2.45) is 11.1 Å². The Kier molecular flexibility index (Phi) is 4.85. The van der Waals surface area contributed by atoms with Crippen LogP contribution in [0.15, 0.2) is 0 Å². The van der Waals surface area contributed by atoms with Crippen molar-refractivity contribution < 1.29 is 9.53 Å². The predicted molar refractivity (Wildman–Crippen MR) is 75.8 cm³/mol. The van der Waals surface area contributed by atoms with Crippen LogP contribution in [0.1, 0.15) is 58.3 Å². The zero-order valence-corrected chi connectivity index (χ0v) is 12.2. The standard InChI is InChI=1S/C15H28N2O2/c1-14(7-9-19-10-8-14)12-17-13(18)11-15(16)5-3-2-4-6-15/h2-12,16H2,1H3,(H,17,18). The van der Waals surface area contributed by atoms with E-state index < -0.39 is 0 Å². The molecule has 0 atom stereocenters. The van der Waals surface area contributed by atoms with E-state index in [9.17, 15) is 4.79 Å². The van der Waals surface area contributed by atoms with Crippen molar-refractivity contribution in [2.45, 2.75) is 63.8 Å². The quantitative estimate of drug-likeness (QED) is 0.819. The molecule has 0 spiro atoms. The topological polar surface area (TPSA) is 64.4 Å². The maximum atomic E-state index is 12.1. The van der Waals surface area contributed by atoms with Crippen molar-refractivity contribution in [3.63, 3.8) is 0 Å².